The maximum absolute atomic E-state index is 12.0. The lowest BCUT2D eigenvalue weighted by Gasteiger charge is -2.23. The first-order chi connectivity index (χ1) is 10.2. The Morgan fingerprint density at radius 1 is 1.33 bits per heavy atom. The van der Waals surface area contributed by atoms with Crippen molar-refractivity contribution in [1.29, 1.82) is 5.26 Å². The normalized spacial score (nSPS) is 17.0. The van der Waals surface area contributed by atoms with Crippen LogP contribution in [0.4, 0.5) is 0 Å². The summed E-state index contributed by atoms with van der Waals surface area (Å²) in [5, 5.41) is 8.61. The summed E-state index contributed by atoms with van der Waals surface area (Å²) in [6, 6.07) is 9.59. The number of carbonyl (C=O) groups is 1. The molecule has 0 aliphatic heterocycles. The number of carbonyl (C=O) groups excluding carboxylic acids is 1. The molecule has 0 bridgehead atoms. The molecule has 21 heavy (non-hydrogen) atoms. The molecule has 1 aliphatic rings. The highest BCUT2D eigenvalue weighted by Gasteiger charge is 2.21. The Balaban J connectivity index is 1.76. The van der Waals surface area contributed by atoms with Crippen molar-refractivity contribution in [3.8, 4) is 6.07 Å². The number of ether oxygens (including phenoxy) is 1. The van der Waals surface area contributed by atoms with Crippen LogP contribution in [0.25, 0.3) is 0 Å². The monoisotopic (exact) mass is 303 g/mol. The number of nitriles is 1. The molecule has 1 unspecified atom stereocenters. The number of rotatable bonds is 5. The molecule has 1 atom stereocenters. The van der Waals surface area contributed by atoms with E-state index in [4.69, 9.17) is 10.00 Å². The lowest BCUT2D eigenvalue weighted by molar-refractivity contribution is -0.149. The van der Waals surface area contributed by atoms with E-state index in [0.717, 1.165) is 24.2 Å². The van der Waals surface area contributed by atoms with E-state index < -0.39 is 0 Å². The van der Waals surface area contributed by atoms with Gasteiger partial charge in [-0.1, -0.05) is 18.6 Å². The molecule has 1 saturated carbocycles. The van der Waals surface area contributed by atoms with Gasteiger partial charge in [-0.25, -0.2) is 0 Å². The van der Waals surface area contributed by atoms with E-state index in [2.05, 4.69) is 6.07 Å². The third-order valence-electron chi connectivity index (χ3n) is 3.75. The minimum absolute atomic E-state index is 0.0967. The van der Waals surface area contributed by atoms with Gasteiger partial charge in [0.1, 0.15) is 6.10 Å². The Bertz CT molecular complexity index is 501. The van der Waals surface area contributed by atoms with Gasteiger partial charge in [0.2, 0.25) is 0 Å². The lowest BCUT2D eigenvalue weighted by Crippen LogP contribution is -2.26. The zero-order valence-electron chi connectivity index (χ0n) is 12.4. The van der Waals surface area contributed by atoms with Gasteiger partial charge < -0.3 is 4.74 Å². The standard InChI is InChI=1S/C17H21NO2S/c1-13(17(19)20-16-5-3-2-4-6-16)21-12-15-9-7-14(11-18)8-10-15/h7-10,13,16H,2-6,12H2,1H3. The molecular weight excluding hydrogens is 282 g/mol. The second kappa shape index (κ2) is 8.09. The van der Waals surface area contributed by atoms with Crippen LogP contribution < -0.4 is 0 Å². The first-order valence-corrected chi connectivity index (χ1v) is 8.55. The molecule has 0 saturated heterocycles. The molecule has 0 N–H and O–H groups in total. The fourth-order valence-corrected chi connectivity index (χ4v) is 3.23. The Morgan fingerprint density at radius 2 is 2.00 bits per heavy atom. The third kappa shape index (κ3) is 5.09. The van der Waals surface area contributed by atoms with Gasteiger partial charge in [-0.2, -0.15) is 5.26 Å². The van der Waals surface area contributed by atoms with Gasteiger partial charge in [-0.05, 0) is 50.3 Å². The van der Waals surface area contributed by atoms with Crippen LogP contribution in [0.5, 0.6) is 0 Å². The third-order valence-corrected chi connectivity index (χ3v) is 4.94. The lowest BCUT2D eigenvalue weighted by atomic mass is 9.98. The van der Waals surface area contributed by atoms with Crippen molar-refractivity contribution in [2.75, 3.05) is 0 Å². The van der Waals surface area contributed by atoms with E-state index in [-0.39, 0.29) is 17.3 Å². The van der Waals surface area contributed by atoms with Crippen LogP contribution in [0, 0.1) is 11.3 Å². The van der Waals surface area contributed by atoms with Crippen LogP contribution in [-0.2, 0) is 15.3 Å². The molecule has 112 valence electrons. The molecule has 2 rings (SSSR count). The van der Waals surface area contributed by atoms with E-state index in [1.54, 1.807) is 23.9 Å². The molecule has 0 spiro atoms. The van der Waals surface area contributed by atoms with E-state index in [1.807, 2.05) is 19.1 Å². The average Bonchev–Trinajstić information content (AvgIpc) is 2.54. The van der Waals surface area contributed by atoms with E-state index >= 15 is 0 Å². The van der Waals surface area contributed by atoms with Crippen molar-refractivity contribution in [2.45, 2.75) is 56.1 Å². The first-order valence-electron chi connectivity index (χ1n) is 7.50. The van der Waals surface area contributed by atoms with Gasteiger partial charge in [0, 0.05) is 5.75 Å². The molecule has 1 fully saturated rings. The number of nitrogens with zero attached hydrogens (tertiary/aromatic N) is 1. The zero-order valence-corrected chi connectivity index (χ0v) is 13.2. The van der Waals surface area contributed by atoms with Crippen molar-refractivity contribution >= 4 is 17.7 Å². The average molecular weight is 303 g/mol. The number of hydrogen-bond acceptors (Lipinski definition) is 4. The highest BCUT2D eigenvalue weighted by molar-refractivity contribution is 7.99. The maximum Gasteiger partial charge on any atom is 0.319 e. The van der Waals surface area contributed by atoms with Crippen molar-refractivity contribution in [1.82, 2.24) is 0 Å². The van der Waals surface area contributed by atoms with Crippen molar-refractivity contribution in [2.24, 2.45) is 0 Å². The van der Waals surface area contributed by atoms with Crippen LogP contribution in [0.1, 0.15) is 50.2 Å². The molecule has 0 aromatic heterocycles. The Hall–Kier alpha value is -1.47. The summed E-state index contributed by atoms with van der Waals surface area (Å²) >= 11 is 1.58. The predicted octanol–water partition coefficient (Wildman–Crippen LogP) is 4.06. The maximum atomic E-state index is 12.0. The quantitative estimate of drug-likeness (QED) is 0.770. The van der Waals surface area contributed by atoms with Crippen LogP contribution in [-0.4, -0.2) is 17.3 Å². The highest BCUT2D eigenvalue weighted by atomic mass is 32.2. The second-order valence-corrected chi connectivity index (χ2v) is 6.79. The summed E-state index contributed by atoms with van der Waals surface area (Å²) in [6.45, 7) is 1.90. The van der Waals surface area contributed by atoms with E-state index in [1.165, 1.54) is 19.3 Å². The largest absolute Gasteiger partial charge is 0.462 e. The van der Waals surface area contributed by atoms with Crippen LogP contribution in [0.3, 0.4) is 0 Å². The van der Waals surface area contributed by atoms with Crippen molar-refractivity contribution in [3.05, 3.63) is 35.4 Å². The van der Waals surface area contributed by atoms with Gasteiger partial charge >= 0.3 is 5.97 Å². The Kier molecular flexibility index (Phi) is 6.13. The summed E-state index contributed by atoms with van der Waals surface area (Å²) in [5.41, 5.74) is 1.78. The SMILES string of the molecule is CC(SCc1ccc(C#N)cc1)C(=O)OC1CCCCC1. The summed E-state index contributed by atoms with van der Waals surface area (Å²) in [5.74, 6) is 0.660. The molecule has 1 aromatic rings. The smallest absolute Gasteiger partial charge is 0.319 e. The topological polar surface area (TPSA) is 50.1 Å². The molecule has 1 aromatic carbocycles. The first kappa shape index (κ1) is 15.9. The summed E-state index contributed by atoms with van der Waals surface area (Å²) in [4.78, 5) is 12.0. The number of thioether (sulfide) groups is 1. The van der Waals surface area contributed by atoms with Crippen LogP contribution in [0.15, 0.2) is 24.3 Å². The minimum atomic E-state index is -0.150. The fraction of sp³-hybridized carbons (Fsp3) is 0.529. The van der Waals surface area contributed by atoms with E-state index in [0.29, 0.717) is 5.56 Å². The summed E-state index contributed by atoms with van der Waals surface area (Å²) < 4.78 is 5.58. The number of hydrogen-bond donors (Lipinski definition) is 0. The number of benzene rings is 1. The van der Waals surface area contributed by atoms with Gasteiger partial charge in [-0.15, -0.1) is 11.8 Å². The molecular formula is C17H21NO2S. The zero-order chi connectivity index (χ0) is 15.1. The predicted molar refractivity (Wildman–Crippen MR) is 84.9 cm³/mol. The molecule has 0 heterocycles. The molecule has 3 nitrogen and oxygen atoms in total. The molecule has 0 radical (unpaired) electrons. The molecule has 1 aliphatic carbocycles. The minimum Gasteiger partial charge on any atom is -0.462 e. The molecule has 0 amide bonds. The number of esters is 1. The van der Waals surface area contributed by atoms with Crippen molar-refractivity contribution < 1.29 is 9.53 Å². The summed E-state index contributed by atoms with van der Waals surface area (Å²) in [6.07, 6.45) is 5.76. The Morgan fingerprint density at radius 3 is 2.62 bits per heavy atom. The van der Waals surface area contributed by atoms with Gasteiger partial charge in [-0.3, -0.25) is 4.79 Å². The van der Waals surface area contributed by atoms with Crippen LogP contribution in [0.2, 0.25) is 0 Å². The van der Waals surface area contributed by atoms with Gasteiger partial charge in [0.15, 0.2) is 0 Å². The fourth-order valence-electron chi connectivity index (χ4n) is 2.41. The van der Waals surface area contributed by atoms with Crippen LogP contribution >= 0.6 is 11.8 Å². The summed E-state index contributed by atoms with van der Waals surface area (Å²) in [7, 11) is 0. The highest BCUT2D eigenvalue weighted by Crippen LogP contribution is 2.24. The molecule has 4 heteroatoms. The van der Waals surface area contributed by atoms with Crippen molar-refractivity contribution in [3.63, 3.8) is 0 Å². The van der Waals surface area contributed by atoms with Gasteiger partial charge in [0.25, 0.3) is 0 Å². The second-order valence-electron chi connectivity index (χ2n) is 5.46. The Labute approximate surface area is 130 Å². The van der Waals surface area contributed by atoms with E-state index in [9.17, 15) is 4.79 Å². The van der Waals surface area contributed by atoms with Gasteiger partial charge in [0.05, 0.1) is 16.9 Å².